The lowest BCUT2D eigenvalue weighted by molar-refractivity contribution is -0.115. The Hall–Kier alpha value is -2.20. The monoisotopic (exact) mass is 371 g/mol. The van der Waals surface area contributed by atoms with E-state index in [1.54, 1.807) is 12.1 Å². The Bertz CT molecular complexity index is 834. The van der Waals surface area contributed by atoms with Gasteiger partial charge in [0, 0.05) is 18.6 Å². The summed E-state index contributed by atoms with van der Waals surface area (Å²) >= 11 is 6.31. The van der Waals surface area contributed by atoms with E-state index in [9.17, 15) is 4.79 Å². The smallest absolute Gasteiger partial charge is 0.228 e. The molecule has 2 aromatic carbocycles. The van der Waals surface area contributed by atoms with Gasteiger partial charge in [0.1, 0.15) is 0 Å². The molecule has 136 valence electrons. The normalized spacial score (nSPS) is 15.7. The number of halogens is 1. The molecule has 0 aromatic heterocycles. The van der Waals surface area contributed by atoms with Crippen LogP contribution in [-0.4, -0.2) is 19.1 Å². The van der Waals surface area contributed by atoms with Crippen molar-refractivity contribution in [1.29, 1.82) is 0 Å². The predicted octanol–water partition coefficient (Wildman–Crippen LogP) is 4.56. The van der Waals surface area contributed by atoms with Crippen molar-refractivity contribution in [3.8, 4) is 11.5 Å². The van der Waals surface area contributed by atoms with Gasteiger partial charge in [-0.1, -0.05) is 29.8 Å². The number of fused-ring (bicyclic) bond motifs is 2. The molecule has 0 spiro atoms. The van der Waals surface area contributed by atoms with E-state index < -0.39 is 0 Å². The lowest BCUT2D eigenvalue weighted by Gasteiger charge is -2.16. The lowest BCUT2D eigenvalue weighted by Crippen LogP contribution is -2.15. The fourth-order valence-corrected chi connectivity index (χ4v) is 3.76. The second-order valence-electron chi connectivity index (χ2n) is 6.86. The number of amides is 1. The number of nitrogens with one attached hydrogen (secondary N) is 1. The number of hydrogen-bond acceptors (Lipinski definition) is 3. The molecule has 0 saturated carbocycles. The SMILES string of the molecule is O=C(Cc1ccc2c(c1)CCCC2)Nc1cc2c(cc1Cl)OCCCO2. The molecule has 1 N–H and O–H groups in total. The standard InChI is InChI=1S/C21H22ClNO3/c22-17-12-19-20(26-9-3-8-25-19)13-18(17)23-21(24)11-14-6-7-15-4-1-2-5-16(15)10-14/h6-7,10,12-13H,1-5,8-9,11H2,(H,23,24). The second kappa shape index (κ2) is 7.58. The molecule has 2 aromatic rings. The van der Waals surface area contributed by atoms with Gasteiger partial charge in [-0.15, -0.1) is 0 Å². The first-order valence-electron chi connectivity index (χ1n) is 9.19. The first-order valence-corrected chi connectivity index (χ1v) is 9.56. The van der Waals surface area contributed by atoms with E-state index >= 15 is 0 Å². The fraction of sp³-hybridized carbons (Fsp3) is 0.381. The zero-order valence-electron chi connectivity index (χ0n) is 14.6. The minimum atomic E-state index is -0.0860. The Morgan fingerprint density at radius 3 is 2.50 bits per heavy atom. The summed E-state index contributed by atoms with van der Waals surface area (Å²) in [5.74, 6) is 1.16. The van der Waals surface area contributed by atoms with Crippen molar-refractivity contribution in [2.45, 2.75) is 38.5 Å². The van der Waals surface area contributed by atoms with E-state index in [1.807, 2.05) is 0 Å². The minimum Gasteiger partial charge on any atom is -0.490 e. The van der Waals surface area contributed by atoms with Gasteiger partial charge in [0.05, 0.1) is 30.3 Å². The maximum atomic E-state index is 12.5. The third kappa shape index (κ3) is 3.80. The maximum Gasteiger partial charge on any atom is 0.228 e. The fourth-order valence-electron chi connectivity index (χ4n) is 3.56. The molecule has 0 radical (unpaired) electrons. The number of hydrogen-bond donors (Lipinski definition) is 1. The third-order valence-electron chi connectivity index (χ3n) is 4.89. The van der Waals surface area contributed by atoms with Crippen LogP contribution < -0.4 is 14.8 Å². The summed E-state index contributed by atoms with van der Waals surface area (Å²) in [7, 11) is 0. The second-order valence-corrected chi connectivity index (χ2v) is 7.27. The maximum absolute atomic E-state index is 12.5. The van der Waals surface area contributed by atoms with E-state index in [0.717, 1.165) is 24.8 Å². The molecule has 0 fully saturated rings. The molecule has 26 heavy (non-hydrogen) atoms. The quantitative estimate of drug-likeness (QED) is 0.860. The molecular weight excluding hydrogens is 350 g/mol. The molecule has 5 heteroatoms. The average Bonchev–Trinajstić information content (AvgIpc) is 2.87. The van der Waals surface area contributed by atoms with Gasteiger partial charge >= 0.3 is 0 Å². The Morgan fingerprint density at radius 2 is 1.69 bits per heavy atom. The molecule has 0 bridgehead atoms. The summed E-state index contributed by atoms with van der Waals surface area (Å²) in [5, 5.41) is 3.35. The largest absolute Gasteiger partial charge is 0.490 e. The van der Waals surface area contributed by atoms with Gasteiger partial charge in [-0.3, -0.25) is 4.79 Å². The van der Waals surface area contributed by atoms with Gasteiger partial charge < -0.3 is 14.8 Å². The van der Waals surface area contributed by atoms with Crippen molar-refractivity contribution in [3.05, 3.63) is 52.0 Å². The molecule has 1 aliphatic carbocycles. The highest BCUT2D eigenvalue weighted by molar-refractivity contribution is 6.34. The molecule has 2 aliphatic rings. The van der Waals surface area contributed by atoms with Gasteiger partial charge in [-0.25, -0.2) is 0 Å². The van der Waals surface area contributed by atoms with Crippen LogP contribution in [0.3, 0.4) is 0 Å². The number of carbonyl (C=O) groups excluding carboxylic acids is 1. The first-order chi connectivity index (χ1) is 12.7. The summed E-state index contributed by atoms with van der Waals surface area (Å²) in [6.45, 7) is 1.20. The summed E-state index contributed by atoms with van der Waals surface area (Å²) < 4.78 is 11.3. The number of anilines is 1. The number of rotatable bonds is 3. The van der Waals surface area contributed by atoms with Crippen LogP contribution >= 0.6 is 11.6 Å². The molecule has 0 atom stereocenters. The van der Waals surface area contributed by atoms with Crippen LogP contribution in [0.1, 0.15) is 36.0 Å². The molecule has 0 unspecified atom stereocenters. The third-order valence-corrected chi connectivity index (χ3v) is 5.20. The van der Waals surface area contributed by atoms with Crippen molar-refractivity contribution in [2.24, 2.45) is 0 Å². The van der Waals surface area contributed by atoms with Crippen molar-refractivity contribution >= 4 is 23.2 Å². The highest BCUT2D eigenvalue weighted by atomic mass is 35.5. The summed E-state index contributed by atoms with van der Waals surface area (Å²) in [5.41, 5.74) is 4.40. The van der Waals surface area contributed by atoms with Crippen molar-refractivity contribution < 1.29 is 14.3 Å². The van der Waals surface area contributed by atoms with E-state index in [0.29, 0.717) is 41.8 Å². The van der Waals surface area contributed by atoms with Crippen molar-refractivity contribution in [2.75, 3.05) is 18.5 Å². The zero-order valence-corrected chi connectivity index (χ0v) is 15.4. The van der Waals surface area contributed by atoms with Crippen LogP contribution in [0.2, 0.25) is 5.02 Å². The summed E-state index contributed by atoms with van der Waals surface area (Å²) in [6.07, 6.45) is 5.91. The number of carbonyl (C=O) groups is 1. The molecule has 1 heterocycles. The van der Waals surface area contributed by atoms with E-state index in [2.05, 4.69) is 23.5 Å². The molecule has 0 saturated heterocycles. The van der Waals surface area contributed by atoms with E-state index in [4.69, 9.17) is 21.1 Å². The highest BCUT2D eigenvalue weighted by Gasteiger charge is 2.16. The van der Waals surface area contributed by atoms with Crippen LogP contribution in [0.5, 0.6) is 11.5 Å². The molecule has 1 amide bonds. The van der Waals surface area contributed by atoms with Crippen LogP contribution in [-0.2, 0) is 24.1 Å². The number of aryl methyl sites for hydroxylation is 2. The summed E-state index contributed by atoms with van der Waals surface area (Å²) in [4.78, 5) is 12.5. The average molecular weight is 372 g/mol. The lowest BCUT2D eigenvalue weighted by atomic mass is 9.90. The van der Waals surface area contributed by atoms with Crippen molar-refractivity contribution in [3.63, 3.8) is 0 Å². The molecule has 1 aliphatic heterocycles. The van der Waals surface area contributed by atoms with Gasteiger partial charge in [-0.05, 0) is 42.4 Å². The van der Waals surface area contributed by atoms with Gasteiger partial charge in [0.15, 0.2) is 11.5 Å². The van der Waals surface area contributed by atoms with Gasteiger partial charge in [0.2, 0.25) is 5.91 Å². The topological polar surface area (TPSA) is 47.6 Å². The first kappa shape index (κ1) is 17.2. The molecule has 4 nitrogen and oxygen atoms in total. The summed E-state index contributed by atoms with van der Waals surface area (Å²) in [6, 6.07) is 9.84. The molecular formula is C21H22ClNO3. The van der Waals surface area contributed by atoms with Crippen LogP contribution in [0.4, 0.5) is 5.69 Å². The Morgan fingerprint density at radius 1 is 0.962 bits per heavy atom. The van der Waals surface area contributed by atoms with Crippen LogP contribution in [0, 0.1) is 0 Å². The zero-order chi connectivity index (χ0) is 17.9. The van der Waals surface area contributed by atoms with Crippen molar-refractivity contribution in [1.82, 2.24) is 0 Å². The highest BCUT2D eigenvalue weighted by Crippen LogP contribution is 2.37. The minimum absolute atomic E-state index is 0.0860. The van der Waals surface area contributed by atoms with Gasteiger partial charge in [-0.2, -0.15) is 0 Å². The number of ether oxygens (including phenoxy) is 2. The Kier molecular flexibility index (Phi) is 5.02. The predicted molar refractivity (Wildman–Crippen MR) is 102 cm³/mol. The van der Waals surface area contributed by atoms with Crippen LogP contribution in [0.25, 0.3) is 0 Å². The van der Waals surface area contributed by atoms with E-state index in [1.165, 1.54) is 24.0 Å². The number of benzene rings is 2. The Balaban J connectivity index is 1.47. The van der Waals surface area contributed by atoms with Gasteiger partial charge in [0.25, 0.3) is 0 Å². The van der Waals surface area contributed by atoms with Crippen LogP contribution in [0.15, 0.2) is 30.3 Å². The van der Waals surface area contributed by atoms with E-state index in [-0.39, 0.29) is 5.91 Å². The Labute approximate surface area is 158 Å². The molecule has 4 rings (SSSR count).